The molecule has 3 heteroatoms. The van der Waals surface area contributed by atoms with Crippen molar-refractivity contribution in [3.8, 4) is 0 Å². The van der Waals surface area contributed by atoms with E-state index >= 15 is 0 Å². The molecular formula is C27H47NO2. The third-order valence-electron chi connectivity index (χ3n) is 10.8. The van der Waals surface area contributed by atoms with Crippen LogP contribution in [0.25, 0.3) is 0 Å². The third kappa shape index (κ3) is 3.76. The average Bonchev–Trinajstić information content (AvgIpc) is 3.08. The van der Waals surface area contributed by atoms with Crippen LogP contribution in [0, 0.1) is 46.3 Å². The summed E-state index contributed by atoms with van der Waals surface area (Å²) in [5, 5.41) is 14.4. The van der Waals surface area contributed by atoms with Crippen LogP contribution in [0.15, 0.2) is 0 Å². The van der Waals surface area contributed by atoms with E-state index < -0.39 is 0 Å². The van der Waals surface area contributed by atoms with Gasteiger partial charge in [0.1, 0.15) is 0 Å². The fourth-order valence-electron chi connectivity index (χ4n) is 9.14. The molecule has 0 radical (unpaired) electrons. The van der Waals surface area contributed by atoms with Crippen LogP contribution < -0.4 is 5.32 Å². The zero-order valence-electron chi connectivity index (χ0n) is 20.1. The van der Waals surface area contributed by atoms with Crippen molar-refractivity contribution in [2.75, 3.05) is 6.54 Å². The highest BCUT2D eigenvalue weighted by molar-refractivity contribution is 5.75. The maximum atomic E-state index is 12.1. The minimum Gasteiger partial charge on any atom is -0.393 e. The maximum absolute atomic E-state index is 12.1. The van der Waals surface area contributed by atoms with Gasteiger partial charge in [-0.25, -0.2) is 0 Å². The zero-order valence-corrected chi connectivity index (χ0v) is 20.1. The molecular weight excluding hydrogens is 370 g/mol. The Balaban J connectivity index is 1.46. The van der Waals surface area contributed by atoms with Gasteiger partial charge in [0.2, 0.25) is 5.91 Å². The van der Waals surface area contributed by atoms with E-state index in [9.17, 15) is 9.90 Å². The summed E-state index contributed by atoms with van der Waals surface area (Å²) in [7, 11) is 0. The van der Waals surface area contributed by atoms with E-state index in [1.165, 1.54) is 51.4 Å². The smallest absolute Gasteiger partial charge is 0.220 e. The van der Waals surface area contributed by atoms with Crippen molar-refractivity contribution in [2.24, 2.45) is 46.3 Å². The Kier molecular flexibility index (Phi) is 6.60. The summed E-state index contributed by atoms with van der Waals surface area (Å²) in [6, 6.07) is 0. The number of aliphatic hydroxyl groups is 1. The quantitative estimate of drug-likeness (QED) is 0.561. The summed E-state index contributed by atoms with van der Waals surface area (Å²) in [5.74, 6) is 4.24. The van der Waals surface area contributed by atoms with Crippen LogP contribution >= 0.6 is 0 Å². The number of rotatable bonds is 6. The molecule has 4 aliphatic rings. The van der Waals surface area contributed by atoms with E-state index in [-0.39, 0.29) is 12.0 Å². The van der Waals surface area contributed by atoms with Crippen molar-refractivity contribution in [2.45, 2.75) is 111 Å². The van der Waals surface area contributed by atoms with Crippen molar-refractivity contribution < 1.29 is 9.90 Å². The monoisotopic (exact) mass is 417 g/mol. The van der Waals surface area contributed by atoms with Gasteiger partial charge in [0.05, 0.1) is 6.10 Å². The first kappa shape index (κ1) is 22.6. The van der Waals surface area contributed by atoms with Gasteiger partial charge in [-0.3, -0.25) is 4.79 Å². The summed E-state index contributed by atoms with van der Waals surface area (Å²) < 4.78 is 0. The summed E-state index contributed by atoms with van der Waals surface area (Å²) >= 11 is 0. The van der Waals surface area contributed by atoms with Gasteiger partial charge in [-0.15, -0.1) is 0 Å². The van der Waals surface area contributed by atoms with E-state index in [1.807, 2.05) is 0 Å². The lowest BCUT2D eigenvalue weighted by atomic mass is 9.44. The Morgan fingerprint density at radius 3 is 2.60 bits per heavy atom. The number of nitrogens with one attached hydrogen (secondary N) is 1. The normalized spacial score (nSPS) is 46.4. The van der Waals surface area contributed by atoms with E-state index in [0.29, 0.717) is 40.9 Å². The second-order valence-corrected chi connectivity index (χ2v) is 12.1. The first-order valence-corrected chi connectivity index (χ1v) is 13.3. The number of fused-ring (bicyclic) bond motifs is 5. The topological polar surface area (TPSA) is 49.3 Å². The molecule has 4 saturated carbocycles. The van der Waals surface area contributed by atoms with Crippen LogP contribution in [0.1, 0.15) is 105 Å². The highest BCUT2D eigenvalue weighted by atomic mass is 16.3. The number of hydrogen-bond acceptors (Lipinski definition) is 2. The molecule has 30 heavy (non-hydrogen) atoms. The summed E-state index contributed by atoms with van der Waals surface area (Å²) in [6.45, 7) is 10.5. The second kappa shape index (κ2) is 8.75. The van der Waals surface area contributed by atoms with Crippen LogP contribution in [0.5, 0.6) is 0 Å². The fraction of sp³-hybridized carbons (Fsp3) is 0.963. The molecule has 2 N–H and O–H groups in total. The highest BCUT2D eigenvalue weighted by Crippen LogP contribution is 2.68. The molecule has 0 aliphatic heterocycles. The Labute approximate surface area is 185 Å². The third-order valence-corrected chi connectivity index (χ3v) is 10.8. The molecule has 0 aromatic carbocycles. The average molecular weight is 418 g/mol. The fourth-order valence-corrected chi connectivity index (χ4v) is 9.14. The van der Waals surface area contributed by atoms with Crippen molar-refractivity contribution in [1.82, 2.24) is 5.32 Å². The minimum atomic E-state index is -0.0790. The standard InChI is InChI=1S/C27H47NO2/c1-5-16-28-24(30)12-9-18(2)20-10-11-21-25-22(13-15-27(20,21)4)26(3)14-7-6-8-19(26)17-23(25)29/h18-23,25,29H,5-17H2,1-4H3,(H,28,30)/t18-,19?,20-,21-,22-,23+,25?,26+,27-/m1/s1. The van der Waals surface area contributed by atoms with Crippen molar-refractivity contribution in [3.63, 3.8) is 0 Å². The van der Waals surface area contributed by atoms with Gasteiger partial charge in [0.15, 0.2) is 0 Å². The van der Waals surface area contributed by atoms with Gasteiger partial charge in [0, 0.05) is 13.0 Å². The summed E-state index contributed by atoms with van der Waals surface area (Å²) in [4.78, 5) is 12.1. The van der Waals surface area contributed by atoms with Gasteiger partial charge in [-0.1, -0.05) is 40.5 Å². The summed E-state index contributed by atoms with van der Waals surface area (Å²) in [5.41, 5.74) is 0.837. The van der Waals surface area contributed by atoms with Crippen LogP contribution in [0.3, 0.4) is 0 Å². The molecule has 0 saturated heterocycles. The van der Waals surface area contributed by atoms with Crippen LogP contribution in [-0.4, -0.2) is 23.7 Å². The Bertz CT molecular complexity index is 620. The van der Waals surface area contributed by atoms with Crippen LogP contribution in [0.2, 0.25) is 0 Å². The van der Waals surface area contributed by atoms with Crippen molar-refractivity contribution >= 4 is 5.91 Å². The summed E-state index contributed by atoms with van der Waals surface area (Å²) in [6.07, 6.45) is 14.4. The van der Waals surface area contributed by atoms with E-state index in [4.69, 9.17) is 0 Å². The van der Waals surface area contributed by atoms with E-state index in [1.54, 1.807) is 0 Å². The molecule has 0 bridgehead atoms. The molecule has 0 aromatic rings. The number of hydrogen-bond donors (Lipinski definition) is 2. The second-order valence-electron chi connectivity index (χ2n) is 12.1. The Hall–Kier alpha value is -0.570. The first-order chi connectivity index (χ1) is 14.3. The number of amides is 1. The van der Waals surface area contributed by atoms with Gasteiger partial charge in [-0.2, -0.15) is 0 Å². The van der Waals surface area contributed by atoms with Crippen molar-refractivity contribution in [1.29, 1.82) is 0 Å². The Morgan fingerprint density at radius 2 is 1.83 bits per heavy atom. The molecule has 4 rings (SSSR count). The van der Waals surface area contributed by atoms with Crippen LogP contribution in [0.4, 0.5) is 0 Å². The lowest BCUT2D eigenvalue weighted by Gasteiger charge is -2.62. The molecule has 4 fully saturated rings. The first-order valence-electron chi connectivity index (χ1n) is 13.3. The van der Waals surface area contributed by atoms with Gasteiger partial charge < -0.3 is 10.4 Å². The molecule has 2 unspecified atom stereocenters. The zero-order chi connectivity index (χ0) is 21.5. The van der Waals surface area contributed by atoms with Gasteiger partial charge in [-0.05, 0) is 104 Å². The predicted molar refractivity (Wildman–Crippen MR) is 123 cm³/mol. The molecule has 172 valence electrons. The van der Waals surface area contributed by atoms with Gasteiger partial charge in [0.25, 0.3) is 0 Å². The molecule has 0 aromatic heterocycles. The SMILES string of the molecule is CCCNC(=O)CC[C@@H](C)[C@H]1CC[C@@H]2C3[C@@H](CC[C@@]21C)[C@@]1(C)CCCCC1C[C@@H]3O. The molecule has 4 aliphatic carbocycles. The van der Waals surface area contributed by atoms with Gasteiger partial charge >= 0.3 is 0 Å². The predicted octanol–water partition coefficient (Wildman–Crippen LogP) is 5.95. The molecule has 0 spiro atoms. The number of carbonyl (C=O) groups excluding carboxylic acids is 1. The molecule has 9 atom stereocenters. The Morgan fingerprint density at radius 1 is 1.07 bits per heavy atom. The lowest BCUT2D eigenvalue weighted by Crippen LogP contribution is -2.57. The largest absolute Gasteiger partial charge is 0.393 e. The van der Waals surface area contributed by atoms with E-state index in [2.05, 4.69) is 33.0 Å². The van der Waals surface area contributed by atoms with Crippen molar-refractivity contribution in [3.05, 3.63) is 0 Å². The molecule has 1 amide bonds. The maximum Gasteiger partial charge on any atom is 0.220 e. The molecule has 0 heterocycles. The van der Waals surface area contributed by atoms with Crippen LogP contribution in [-0.2, 0) is 4.79 Å². The highest BCUT2D eigenvalue weighted by Gasteiger charge is 2.62. The molecule has 3 nitrogen and oxygen atoms in total. The number of aliphatic hydroxyl groups excluding tert-OH is 1. The van der Waals surface area contributed by atoms with E-state index in [0.717, 1.165) is 37.6 Å². The minimum absolute atomic E-state index is 0.0790. The lowest BCUT2D eigenvalue weighted by molar-refractivity contribution is -0.164. The number of carbonyl (C=O) groups is 1.